The number of ether oxygens (including phenoxy) is 2. The van der Waals surface area contributed by atoms with Gasteiger partial charge in [-0.15, -0.1) is 0 Å². The van der Waals surface area contributed by atoms with Crippen LogP contribution >= 0.6 is 0 Å². The standard InChI is InChI=1S/C33H38N2O5/c1-8-18-40-25-11-9-10-24(20-25)35-29(21-12-15-23(16-13-21)34(5)6)28(31(37)32(35)38)30(36)26-19-22(33(2,3)4)14-17-27(26)39-7/h9-17,19-20,29,36H,8,18H2,1-7H3/b30-28+. The fourth-order valence-corrected chi connectivity index (χ4v) is 4.82. The molecule has 1 aliphatic heterocycles. The predicted octanol–water partition coefficient (Wildman–Crippen LogP) is 6.47. The van der Waals surface area contributed by atoms with Gasteiger partial charge in [0, 0.05) is 31.5 Å². The molecule has 0 spiro atoms. The van der Waals surface area contributed by atoms with Crippen LogP contribution in [0.25, 0.3) is 5.76 Å². The third-order valence-corrected chi connectivity index (χ3v) is 7.06. The normalized spacial score (nSPS) is 16.8. The summed E-state index contributed by atoms with van der Waals surface area (Å²) in [6.07, 6.45) is 0.836. The number of nitrogens with zero attached hydrogens (tertiary/aromatic N) is 2. The minimum atomic E-state index is -0.861. The highest BCUT2D eigenvalue weighted by molar-refractivity contribution is 6.51. The van der Waals surface area contributed by atoms with Crippen LogP contribution < -0.4 is 19.3 Å². The maximum absolute atomic E-state index is 13.7. The number of carbonyl (C=O) groups excluding carboxylic acids is 2. The van der Waals surface area contributed by atoms with E-state index in [4.69, 9.17) is 9.47 Å². The van der Waals surface area contributed by atoms with E-state index >= 15 is 0 Å². The highest BCUT2D eigenvalue weighted by atomic mass is 16.5. The molecule has 1 saturated heterocycles. The van der Waals surface area contributed by atoms with Crippen LogP contribution in [-0.2, 0) is 15.0 Å². The van der Waals surface area contributed by atoms with Crippen LogP contribution in [-0.4, -0.2) is 44.6 Å². The number of aliphatic hydroxyl groups excluding tert-OH is 1. The lowest BCUT2D eigenvalue weighted by Crippen LogP contribution is -2.29. The second kappa shape index (κ2) is 11.5. The van der Waals surface area contributed by atoms with Crippen molar-refractivity contribution in [3.63, 3.8) is 0 Å². The summed E-state index contributed by atoms with van der Waals surface area (Å²) in [7, 11) is 5.40. The van der Waals surface area contributed by atoms with E-state index in [1.165, 1.54) is 12.0 Å². The van der Waals surface area contributed by atoms with Gasteiger partial charge < -0.3 is 19.5 Å². The second-order valence-corrected chi connectivity index (χ2v) is 11.2. The first-order valence-electron chi connectivity index (χ1n) is 13.5. The van der Waals surface area contributed by atoms with Crippen molar-refractivity contribution in [2.24, 2.45) is 0 Å². The molecule has 7 nitrogen and oxygen atoms in total. The third kappa shape index (κ3) is 5.55. The number of amides is 1. The van der Waals surface area contributed by atoms with Crippen LogP contribution in [0.3, 0.4) is 0 Å². The summed E-state index contributed by atoms with van der Waals surface area (Å²) in [6.45, 7) is 8.75. The van der Waals surface area contributed by atoms with Crippen LogP contribution in [0.2, 0.25) is 0 Å². The summed E-state index contributed by atoms with van der Waals surface area (Å²) < 4.78 is 11.4. The van der Waals surface area contributed by atoms with Crippen molar-refractivity contribution in [3.8, 4) is 11.5 Å². The number of aliphatic hydroxyl groups is 1. The van der Waals surface area contributed by atoms with E-state index in [0.717, 1.165) is 17.7 Å². The van der Waals surface area contributed by atoms with Crippen molar-refractivity contribution in [1.29, 1.82) is 0 Å². The Balaban J connectivity index is 1.96. The van der Waals surface area contributed by atoms with Gasteiger partial charge in [-0.05, 0) is 59.4 Å². The Morgan fingerprint density at radius 3 is 2.30 bits per heavy atom. The van der Waals surface area contributed by atoms with Crippen LogP contribution in [0.5, 0.6) is 11.5 Å². The number of carbonyl (C=O) groups is 2. The Bertz CT molecular complexity index is 1430. The molecule has 1 fully saturated rings. The van der Waals surface area contributed by atoms with Gasteiger partial charge in [0.1, 0.15) is 17.3 Å². The number of methoxy groups -OCH3 is 1. The summed E-state index contributed by atoms with van der Waals surface area (Å²) in [5, 5.41) is 11.8. The van der Waals surface area contributed by atoms with Gasteiger partial charge in [-0.1, -0.05) is 52.0 Å². The van der Waals surface area contributed by atoms with Gasteiger partial charge in [-0.2, -0.15) is 0 Å². The fourth-order valence-electron chi connectivity index (χ4n) is 4.82. The van der Waals surface area contributed by atoms with Gasteiger partial charge in [-0.3, -0.25) is 14.5 Å². The Morgan fingerprint density at radius 2 is 1.70 bits per heavy atom. The lowest BCUT2D eigenvalue weighted by Gasteiger charge is -2.27. The molecule has 0 saturated carbocycles. The highest BCUT2D eigenvalue weighted by Gasteiger charge is 2.47. The molecule has 3 aromatic carbocycles. The number of ketones is 1. The minimum Gasteiger partial charge on any atom is -0.507 e. The zero-order valence-corrected chi connectivity index (χ0v) is 24.3. The van der Waals surface area contributed by atoms with E-state index in [2.05, 4.69) is 20.8 Å². The van der Waals surface area contributed by atoms with Crippen molar-refractivity contribution < 1.29 is 24.2 Å². The molecule has 1 heterocycles. The van der Waals surface area contributed by atoms with Gasteiger partial charge in [0.2, 0.25) is 0 Å². The van der Waals surface area contributed by atoms with E-state index in [0.29, 0.717) is 34.9 Å². The topological polar surface area (TPSA) is 79.3 Å². The Labute approximate surface area is 236 Å². The average Bonchev–Trinajstić information content (AvgIpc) is 3.20. The average molecular weight is 543 g/mol. The summed E-state index contributed by atoms with van der Waals surface area (Å²) in [5.74, 6) is -0.746. The van der Waals surface area contributed by atoms with Crippen LogP contribution in [0.1, 0.15) is 56.8 Å². The van der Waals surface area contributed by atoms with Gasteiger partial charge in [0.25, 0.3) is 11.7 Å². The first-order valence-corrected chi connectivity index (χ1v) is 13.5. The lowest BCUT2D eigenvalue weighted by molar-refractivity contribution is -0.132. The molecule has 1 unspecified atom stereocenters. The smallest absolute Gasteiger partial charge is 0.300 e. The molecule has 7 heteroatoms. The summed E-state index contributed by atoms with van der Waals surface area (Å²) in [5.41, 5.74) is 3.28. The van der Waals surface area contributed by atoms with Crippen molar-refractivity contribution >= 4 is 28.8 Å². The van der Waals surface area contributed by atoms with Crippen molar-refractivity contribution in [3.05, 3.63) is 89.0 Å². The van der Waals surface area contributed by atoms with Gasteiger partial charge in [0.15, 0.2) is 0 Å². The molecule has 3 aromatic rings. The van der Waals surface area contributed by atoms with Crippen LogP contribution in [0, 0.1) is 0 Å². The second-order valence-electron chi connectivity index (χ2n) is 11.2. The van der Waals surface area contributed by atoms with Gasteiger partial charge in [0.05, 0.1) is 30.9 Å². The van der Waals surface area contributed by atoms with E-state index in [-0.39, 0.29) is 16.7 Å². The largest absolute Gasteiger partial charge is 0.507 e. The van der Waals surface area contributed by atoms with Gasteiger partial charge >= 0.3 is 0 Å². The molecular formula is C33H38N2O5. The quantitative estimate of drug-likeness (QED) is 0.200. The van der Waals surface area contributed by atoms with E-state index in [1.807, 2.05) is 68.4 Å². The molecule has 1 atom stereocenters. The Morgan fingerprint density at radius 1 is 1.00 bits per heavy atom. The summed E-state index contributed by atoms with van der Waals surface area (Å²) >= 11 is 0. The van der Waals surface area contributed by atoms with Gasteiger partial charge in [-0.25, -0.2) is 0 Å². The molecule has 4 rings (SSSR count). The number of rotatable bonds is 8. The molecule has 0 aliphatic carbocycles. The van der Waals surface area contributed by atoms with Crippen LogP contribution in [0.15, 0.2) is 72.3 Å². The number of Topliss-reactive ketones (excluding diaryl/α,β-unsaturated/α-hetero) is 1. The molecule has 40 heavy (non-hydrogen) atoms. The number of benzene rings is 3. The van der Waals surface area contributed by atoms with Crippen molar-refractivity contribution in [1.82, 2.24) is 0 Å². The predicted molar refractivity (Wildman–Crippen MR) is 159 cm³/mol. The Kier molecular flexibility index (Phi) is 8.24. The van der Waals surface area contributed by atoms with E-state index < -0.39 is 17.7 Å². The molecule has 1 amide bonds. The summed E-state index contributed by atoms with van der Waals surface area (Å²) in [6, 6.07) is 19.4. The molecule has 1 aliphatic rings. The van der Waals surface area contributed by atoms with E-state index in [1.54, 1.807) is 24.3 Å². The Hall–Kier alpha value is -4.26. The maximum atomic E-state index is 13.7. The van der Waals surface area contributed by atoms with Crippen molar-refractivity contribution in [2.45, 2.75) is 45.6 Å². The highest BCUT2D eigenvalue weighted by Crippen LogP contribution is 2.44. The fraction of sp³-hybridized carbons (Fsp3) is 0.333. The number of hydrogen-bond acceptors (Lipinski definition) is 6. The molecule has 1 N–H and O–H groups in total. The zero-order chi connectivity index (χ0) is 29.2. The maximum Gasteiger partial charge on any atom is 0.300 e. The third-order valence-electron chi connectivity index (χ3n) is 7.06. The summed E-state index contributed by atoms with van der Waals surface area (Å²) in [4.78, 5) is 30.8. The molecule has 0 radical (unpaired) electrons. The number of anilines is 2. The monoisotopic (exact) mass is 542 g/mol. The zero-order valence-electron chi connectivity index (χ0n) is 24.3. The number of hydrogen-bond donors (Lipinski definition) is 1. The lowest BCUT2D eigenvalue weighted by atomic mass is 9.85. The SMILES string of the molecule is CCCOc1cccc(N2C(=O)C(=O)/C(=C(/O)c3cc(C(C)(C)C)ccc3OC)C2c2ccc(N(C)C)cc2)c1. The molecular weight excluding hydrogens is 504 g/mol. The molecule has 0 bridgehead atoms. The van der Waals surface area contributed by atoms with Crippen molar-refractivity contribution in [2.75, 3.05) is 37.6 Å². The minimum absolute atomic E-state index is 0.00634. The first-order chi connectivity index (χ1) is 19.0. The van der Waals surface area contributed by atoms with Crippen LogP contribution in [0.4, 0.5) is 11.4 Å². The first kappa shape index (κ1) is 28.7. The van der Waals surface area contributed by atoms with E-state index in [9.17, 15) is 14.7 Å². The molecule has 210 valence electrons. The molecule has 0 aromatic heterocycles.